The molecule has 3 rings (SSSR count). The van der Waals surface area contributed by atoms with Crippen LogP contribution in [0.25, 0.3) is 0 Å². The average Bonchev–Trinajstić information content (AvgIpc) is 2.94. The third kappa shape index (κ3) is 4.52. The number of nitrogens with one attached hydrogen (secondary N) is 1. The third-order valence-corrected chi connectivity index (χ3v) is 7.04. The molecule has 0 bridgehead atoms. The first kappa shape index (κ1) is 21.5. The van der Waals surface area contributed by atoms with Crippen LogP contribution in [-0.4, -0.2) is 58.9 Å². The zero-order valence-electron chi connectivity index (χ0n) is 18.0. The number of hydrogen-bond acceptors (Lipinski definition) is 3. The van der Waals surface area contributed by atoms with Gasteiger partial charge in [0.15, 0.2) is 0 Å². The molecule has 1 aliphatic heterocycles. The lowest BCUT2D eigenvalue weighted by atomic mass is 9.67. The molecule has 5 heteroatoms. The quantitative estimate of drug-likeness (QED) is 0.690. The Balaban J connectivity index is 1.92. The van der Waals surface area contributed by atoms with Crippen LogP contribution in [0.3, 0.4) is 0 Å². The second-order valence-electron chi connectivity index (χ2n) is 9.47. The zero-order valence-corrected chi connectivity index (χ0v) is 18.0. The second kappa shape index (κ2) is 8.29. The van der Waals surface area contributed by atoms with Crippen LogP contribution in [0.4, 0.5) is 4.39 Å². The first-order valence-corrected chi connectivity index (χ1v) is 10.8. The predicted octanol–water partition coefficient (Wildman–Crippen LogP) is 3.95. The molecule has 1 aromatic rings. The molecule has 1 heterocycles. The molecular weight excluding hydrogens is 355 g/mol. The fourth-order valence-corrected chi connectivity index (χ4v) is 4.84. The summed E-state index contributed by atoms with van der Waals surface area (Å²) in [4.78, 5) is 2.45. The maximum absolute atomic E-state index is 14.5. The maximum Gasteiger partial charge on any atom is 0.338 e. The van der Waals surface area contributed by atoms with Gasteiger partial charge in [-0.05, 0) is 30.2 Å². The van der Waals surface area contributed by atoms with Crippen molar-refractivity contribution in [1.29, 1.82) is 0 Å². The monoisotopic (exact) mass is 393 g/mol. The van der Waals surface area contributed by atoms with E-state index in [1.807, 2.05) is 25.1 Å². The number of hydrogen-bond donors (Lipinski definition) is 2. The Labute approximate surface area is 169 Å². The molecule has 2 aliphatic rings. The van der Waals surface area contributed by atoms with Crippen LogP contribution < -0.4 is 5.32 Å². The minimum absolute atomic E-state index is 0.00857. The van der Waals surface area contributed by atoms with Gasteiger partial charge in [0, 0.05) is 50.8 Å². The highest BCUT2D eigenvalue weighted by Gasteiger charge is 2.53. The average molecular weight is 394 g/mol. The first-order valence-electron chi connectivity index (χ1n) is 10.8. The van der Waals surface area contributed by atoms with Gasteiger partial charge >= 0.3 is 5.85 Å². The number of aromatic hydroxyl groups is 1. The third-order valence-electron chi connectivity index (χ3n) is 7.04. The SMILES string of the molecule is CCC(C)(F)[OH+]c1cccc(C(CN2CCNCC2)C2(O)CCCC2(C)C)c1. The van der Waals surface area contributed by atoms with E-state index in [9.17, 15) is 9.50 Å². The largest absolute Gasteiger partial charge is 0.555 e. The van der Waals surface area contributed by atoms with Crippen molar-refractivity contribution in [3.63, 3.8) is 0 Å². The van der Waals surface area contributed by atoms with E-state index in [1.54, 1.807) is 0 Å². The lowest BCUT2D eigenvalue weighted by Crippen LogP contribution is -2.52. The van der Waals surface area contributed by atoms with E-state index in [0.29, 0.717) is 12.2 Å². The Kier molecular flexibility index (Phi) is 6.38. The van der Waals surface area contributed by atoms with Gasteiger partial charge in [-0.25, -0.2) is 0 Å². The smallest absolute Gasteiger partial charge is 0.338 e. The molecule has 2 fully saturated rings. The predicted molar refractivity (Wildman–Crippen MR) is 113 cm³/mol. The lowest BCUT2D eigenvalue weighted by molar-refractivity contribution is -0.190. The normalized spacial score (nSPS) is 28.6. The van der Waals surface area contributed by atoms with Crippen molar-refractivity contribution in [3.05, 3.63) is 29.8 Å². The van der Waals surface area contributed by atoms with Gasteiger partial charge in [0.25, 0.3) is 5.75 Å². The molecule has 0 aromatic heterocycles. The molecule has 3 N–H and O–H groups in total. The number of alkyl halides is 1. The van der Waals surface area contributed by atoms with Gasteiger partial charge in [0.2, 0.25) is 0 Å². The summed E-state index contributed by atoms with van der Waals surface area (Å²) in [6, 6.07) is 7.89. The van der Waals surface area contributed by atoms with Gasteiger partial charge in [-0.3, -0.25) is 0 Å². The Hall–Kier alpha value is -1.17. The van der Waals surface area contributed by atoms with Crippen molar-refractivity contribution in [3.8, 4) is 5.75 Å². The minimum Gasteiger partial charge on any atom is -0.555 e. The number of piperazine rings is 1. The standard InChI is InChI=1S/C23H37FN2O2/c1-5-22(4,24)28-19-9-6-8-18(16-19)20(17-26-14-12-25-13-15-26)23(27)11-7-10-21(23,2)3/h6,8-9,16,20,25,27H,5,7,10-15,17H2,1-4H3/p+1. The highest BCUT2D eigenvalue weighted by Crippen LogP contribution is 2.53. The van der Waals surface area contributed by atoms with E-state index in [4.69, 9.17) is 0 Å². The van der Waals surface area contributed by atoms with Gasteiger partial charge in [0.05, 0.1) is 18.9 Å². The van der Waals surface area contributed by atoms with Crippen molar-refractivity contribution in [2.75, 3.05) is 32.7 Å². The summed E-state index contributed by atoms with van der Waals surface area (Å²) < 4.78 is 18.8. The molecule has 1 saturated heterocycles. The van der Waals surface area contributed by atoms with Crippen molar-refractivity contribution in [1.82, 2.24) is 10.2 Å². The fourth-order valence-electron chi connectivity index (χ4n) is 4.84. The Bertz CT molecular complexity index is 658. The topological polar surface area (TPSA) is 48.3 Å². The first-order chi connectivity index (χ1) is 13.2. The Morgan fingerprint density at radius 3 is 2.61 bits per heavy atom. The molecule has 3 unspecified atom stereocenters. The number of ether oxygens (including phenoxy) is 1. The van der Waals surface area contributed by atoms with E-state index < -0.39 is 11.5 Å². The van der Waals surface area contributed by atoms with Crippen LogP contribution in [0.5, 0.6) is 5.75 Å². The van der Waals surface area contributed by atoms with Crippen molar-refractivity contribution < 1.29 is 14.2 Å². The fraction of sp³-hybridized carbons (Fsp3) is 0.739. The van der Waals surface area contributed by atoms with Crippen LogP contribution in [0.2, 0.25) is 0 Å². The summed E-state index contributed by atoms with van der Waals surface area (Å²) in [5, 5.41) is 15.3. The molecule has 0 spiro atoms. The molecule has 4 nitrogen and oxygen atoms in total. The zero-order chi connectivity index (χ0) is 20.4. The molecular formula is C23H38FN2O2+. The van der Waals surface area contributed by atoms with Gasteiger partial charge in [0.1, 0.15) is 0 Å². The number of rotatable bonds is 7. The second-order valence-corrected chi connectivity index (χ2v) is 9.47. The van der Waals surface area contributed by atoms with Gasteiger partial charge in [-0.2, -0.15) is 4.39 Å². The van der Waals surface area contributed by atoms with E-state index in [1.165, 1.54) is 6.92 Å². The summed E-state index contributed by atoms with van der Waals surface area (Å²) in [5.74, 6) is -0.907. The summed E-state index contributed by atoms with van der Waals surface area (Å²) in [6.45, 7) is 12.5. The maximum atomic E-state index is 14.5. The summed E-state index contributed by atoms with van der Waals surface area (Å²) in [6.07, 6.45) is 3.24. The summed E-state index contributed by atoms with van der Waals surface area (Å²) in [5.41, 5.74) is 0.168. The lowest BCUT2D eigenvalue weighted by Gasteiger charge is -2.45. The van der Waals surface area contributed by atoms with E-state index in [0.717, 1.165) is 57.5 Å². The number of aliphatic hydroxyl groups is 2. The van der Waals surface area contributed by atoms with Gasteiger partial charge in [-0.15, -0.1) is 0 Å². The molecule has 1 aliphatic carbocycles. The van der Waals surface area contributed by atoms with Gasteiger partial charge < -0.3 is 20.1 Å². The van der Waals surface area contributed by atoms with Crippen LogP contribution in [0.1, 0.15) is 64.9 Å². The van der Waals surface area contributed by atoms with Crippen molar-refractivity contribution in [2.45, 2.75) is 70.8 Å². The molecule has 28 heavy (non-hydrogen) atoms. The van der Waals surface area contributed by atoms with Crippen LogP contribution in [0.15, 0.2) is 24.3 Å². The number of nitrogens with zero attached hydrogens (tertiary/aromatic N) is 1. The molecule has 158 valence electrons. The van der Waals surface area contributed by atoms with E-state index in [-0.39, 0.29) is 11.3 Å². The molecule has 3 atom stereocenters. The minimum atomic E-state index is -1.56. The van der Waals surface area contributed by atoms with Crippen LogP contribution in [-0.2, 0) is 0 Å². The van der Waals surface area contributed by atoms with E-state index in [2.05, 4.69) is 34.9 Å². The van der Waals surface area contributed by atoms with E-state index >= 15 is 0 Å². The molecule has 1 saturated carbocycles. The molecule has 0 radical (unpaired) electrons. The highest BCUT2D eigenvalue weighted by atomic mass is 19.2. The summed E-state index contributed by atoms with van der Waals surface area (Å²) in [7, 11) is 0. The number of halogens is 1. The molecule has 0 amide bonds. The van der Waals surface area contributed by atoms with Crippen molar-refractivity contribution in [2.24, 2.45) is 5.41 Å². The van der Waals surface area contributed by atoms with Crippen LogP contribution in [0, 0.1) is 5.41 Å². The number of benzene rings is 1. The Morgan fingerprint density at radius 2 is 2.00 bits per heavy atom. The summed E-state index contributed by atoms with van der Waals surface area (Å²) >= 11 is 0. The highest BCUT2D eigenvalue weighted by molar-refractivity contribution is 5.34. The Morgan fingerprint density at radius 1 is 1.29 bits per heavy atom. The van der Waals surface area contributed by atoms with Crippen LogP contribution >= 0.6 is 0 Å². The van der Waals surface area contributed by atoms with Gasteiger partial charge in [-0.1, -0.05) is 32.9 Å². The molecule has 1 aromatic carbocycles. The van der Waals surface area contributed by atoms with Crippen molar-refractivity contribution >= 4 is 0 Å².